The number of carbonyl (C=O) groups excluding carboxylic acids is 1. The molecule has 5 heteroatoms. The third-order valence-electron chi connectivity index (χ3n) is 2.36. The van der Waals surface area contributed by atoms with Crippen molar-refractivity contribution in [2.45, 2.75) is 6.54 Å². The lowest BCUT2D eigenvalue weighted by atomic mass is 10.1. The predicted octanol–water partition coefficient (Wildman–Crippen LogP) is 2.32. The van der Waals surface area contributed by atoms with Gasteiger partial charge in [0, 0.05) is 6.20 Å². The molecular formula is C12H11IN2O2. The summed E-state index contributed by atoms with van der Waals surface area (Å²) in [5, 5.41) is 4.19. The van der Waals surface area contributed by atoms with Crippen LogP contribution in [0.3, 0.4) is 0 Å². The van der Waals surface area contributed by atoms with Gasteiger partial charge in [0.1, 0.15) is 0 Å². The predicted molar refractivity (Wildman–Crippen MR) is 71.8 cm³/mol. The molecule has 1 heterocycles. The molecule has 0 saturated carbocycles. The van der Waals surface area contributed by atoms with Gasteiger partial charge in [0.15, 0.2) is 0 Å². The zero-order chi connectivity index (χ0) is 12.3. The number of carbonyl (C=O) groups is 1. The first-order valence-corrected chi connectivity index (χ1v) is 6.13. The Bertz CT molecular complexity index is 537. The molecule has 0 N–H and O–H groups in total. The molecule has 0 unspecified atom stereocenters. The van der Waals surface area contributed by atoms with Gasteiger partial charge in [-0.1, -0.05) is 18.2 Å². The Morgan fingerprint density at radius 1 is 1.47 bits per heavy atom. The van der Waals surface area contributed by atoms with Crippen molar-refractivity contribution in [3.05, 3.63) is 51.4 Å². The van der Waals surface area contributed by atoms with E-state index in [9.17, 15) is 4.79 Å². The van der Waals surface area contributed by atoms with E-state index in [4.69, 9.17) is 4.74 Å². The van der Waals surface area contributed by atoms with Crippen LogP contribution in [0.2, 0.25) is 0 Å². The van der Waals surface area contributed by atoms with E-state index in [1.807, 2.05) is 24.4 Å². The van der Waals surface area contributed by atoms with Gasteiger partial charge >= 0.3 is 5.97 Å². The van der Waals surface area contributed by atoms with E-state index in [0.717, 1.165) is 9.13 Å². The van der Waals surface area contributed by atoms with Gasteiger partial charge in [-0.15, -0.1) is 0 Å². The molecule has 0 saturated heterocycles. The third-order valence-corrected chi connectivity index (χ3v) is 2.91. The quantitative estimate of drug-likeness (QED) is 0.635. The van der Waals surface area contributed by atoms with Gasteiger partial charge in [-0.25, -0.2) is 4.79 Å². The smallest absolute Gasteiger partial charge is 0.338 e. The average molecular weight is 342 g/mol. The SMILES string of the molecule is COC(=O)c1ccccc1Cn1cc(I)cn1. The highest BCUT2D eigenvalue weighted by Crippen LogP contribution is 2.12. The lowest BCUT2D eigenvalue weighted by molar-refractivity contribution is 0.0599. The van der Waals surface area contributed by atoms with Crippen LogP contribution in [-0.2, 0) is 11.3 Å². The molecule has 1 aromatic carbocycles. The zero-order valence-corrected chi connectivity index (χ0v) is 11.4. The lowest BCUT2D eigenvalue weighted by Gasteiger charge is -2.07. The number of hydrogen-bond acceptors (Lipinski definition) is 3. The van der Waals surface area contributed by atoms with Crippen LogP contribution in [0.15, 0.2) is 36.7 Å². The Morgan fingerprint density at radius 3 is 2.88 bits per heavy atom. The Morgan fingerprint density at radius 2 is 2.24 bits per heavy atom. The highest BCUT2D eigenvalue weighted by Gasteiger charge is 2.11. The lowest BCUT2D eigenvalue weighted by Crippen LogP contribution is -2.09. The molecule has 1 aromatic heterocycles. The molecule has 0 aliphatic rings. The second-order valence-corrected chi connectivity index (χ2v) is 4.75. The Balaban J connectivity index is 2.29. The van der Waals surface area contributed by atoms with E-state index in [0.29, 0.717) is 12.1 Å². The molecule has 2 rings (SSSR count). The van der Waals surface area contributed by atoms with Crippen LogP contribution in [0.4, 0.5) is 0 Å². The van der Waals surface area contributed by atoms with Crippen LogP contribution >= 0.6 is 22.6 Å². The van der Waals surface area contributed by atoms with Crippen LogP contribution in [0.1, 0.15) is 15.9 Å². The van der Waals surface area contributed by atoms with E-state index in [-0.39, 0.29) is 5.97 Å². The van der Waals surface area contributed by atoms with Gasteiger partial charge in [-0.05, 0) is 34.2 Å². The Hall–Kier alpha value is -1.37. The number of benzene rings is 1. The third kappa shape index (κ3) is 2.85. The average Bonchev–Trinajstić information content (AvgIpc) is 2.74. The number of rotatable bonds is 3. The first kappa shape index (κ1) is 12.1. The van der Waals surface area contributed by atoms with Crippen molar-refractivity contribution >= 4 is 28.6 Å². The summed E-state index contributed by atoms with van der Waals surface area (Å²) >= 11 is 2.20. The molecule has 0 aliphatic heterocycles. The van der Waals surface area contributed by atoms with Crippen LogP contribution in [-0.4, -0.2) is 22.9 Å². The molecule has 88 valence electrons. The van der Waals surface area contributed by atoms with E-state index >= 15 is 0 Å². The molecule has 0 spiro atoms. The van der Waals surface area contributed by atoms with E-state index in [1.54, 1.807) is 16.9 Å². The van der Waals surface area contributed by atoms with Gasteiger partial charge in [0.2, 0.25) is 0 Å². The van der Waals surface area contributed by atoms with Gasteiger partial charge in [0.05, 0.1) is 29.0 Å². The molecule has 4 nitrogen and oxygen atoms in total. The summed E-state index contributed by atoms with van der Waals surface area (Å²) in [5.41, 5.74) is 1.49. The maximum atomic E-state index is 11.6. The van der Waals surface area contributed by atoms with Crippen LogP contribution < -0.4 is 0 Å². The van der Waals surface area contributed by atoms with Gasteiger partial charge in [-0.2, -0.15) is 5.10 Å². The van der Waals surface area contributed by atoms with Gasteiger partial charge in [-0.3, -0.25) is 4.68 Å². The first-order chi connectivity index (χ1) is 8.20. The minimum Gasteiger partial charge on any atom is -0.465 e. The number of aromatic nitrogens is 2. The van der Waals surface area contributed by atoms with Gasteiger partial charge < -0.3 is 4.74 Å². The Labute approximate surface area is 113 Å². The first-order valence-electron chi connectivity index (χ1n) is 5.05. The summed E-state index contributed by atoms with van der Waals surface area (Å²) < 4.78 is 7.61. The largest absolute Gasteiger partial charge is 0.465 e. The van der Waals surface area contributed by atoms with Crippen molar-refractivity contribution in [1.29, 1.82) is 0 Å². The molecule has 2 aromatic rings. The number of ether oxygens (including phenoxy) is 1. The van der Waals surface area contributed by atoms with E-state index in [1.165, 1.54) is 7.11 Å². The molecular weight excluding hydrogens is 331 g/mol. The van der Waals surface area contributed by atoms with Crippen LogP contribution in [0.5, 0.6) is 0 Å². The Kier molecular flexibility index (Phi) is 3.78. The molecule has 0 atom stereocenters. The number of methoxy groups -OCH3 is 1. The van der Waals surface area contributed by atoms with Crippen molar-refractivity contribution < 1.29 is 9.53 Å². The summed E-state index contributed by atoms with van der Waals surface area (Å²) in [7, 11) is 1.38. The van der Waals surface area contributed by atoms with Crippen LogP contribution in [0, 0.1) is 3.57 Å². The fourth-order valence-corrected chi connectivity index (χ4v) is 2.01. The fraction of sp³-hybridized carbons (Fsp3) is 0.167. The summed E-state index contributed by atoms with van der Waals surface area (Å²) in [4.78, 5) is 11.6. The molecule has 17 heavy (non-hydrogen) atoms. The number of esters is 1. The number of hydrogen-bond donors (Lipinski definition) is 0. The standard InChI is InChI=1S/C12H11IN2O2/c1-17-12(16)11-5-3-2-4-9(11)7-15-8-10(13)6-14-15/h2-6,8H,7H2,1H3. The molecule has 0 radical (unpaired) electrons. The molecule has 0 aliphatic carbocycles. The van der Waals surface area contributed by atoms with Crippen molar-refractivity contribution in [3.63, 3.8) is 0 Å². The molecule has 0 bridgehead atoms. The molecule has 0 amide bonds. The topological polar surface area (TPSA) is 44.1 Å². The zero-order valence-electron chi connectivity index (χ0n) is 9.26. The maximum Gasteiger partial charge on any atom is 0.338 e. The number of nitrogens with zero attached hydrogens (tertiary/aromatic N) is 2. The van der Waals surface area contributed by atoms with E-state index in [2.05, 4.69) is 27.7 Å². The summed E-state index contributed by atoms with van der Waals surface area (Å²) in [6.07, 6.45) is 3.70. The molecule has 0 fully saturated rings. The maximum absolute atomic E-state index is 11.6. The minimum atomic E-state index is -0.317. The van der Waals surface area contributed by atoms with Crippen molar-refractivity contribution in [1.82, 2.24) is 9.78 Å². The van der Waals surface area contributed by atoms with Crippen molar-refractivity contribution in [2.24, 2.45) is 0 Å². The fourth-order valence-electron chi connectivity index (χ4n) is 1.57. The summed E-state index contributed by atoms with van der Waals surface area (Å²) in [5.74, 6) is -0.317. The second-order valence-electron chi connectivity index (χ2n) is 3.50. The van der Waals surface area contributed by atoms with Crippen molar-refractivity contribution in [3.8, 4) is 0 Å². The number of halogens is 1. The van der Waals surface area contributed by atoms with Crippen LogP contribution in [0.25, 0.3) is 0 Å². The highest BCUT2D eigenvalue weighted by molar-refractivity contribution is 14.1. The van der Waals surface area contributed by atoms with E-state index < -0.39 is 0 Å². The normalized spacial score (nSPS) is 10.2. The van der Waals surface area contributed by atoms with Gasteiger partial charge in [0.25, 0.3) is 0 Å². The monoisotopic (exact) mass is 342 g/mol. The summed E-state index contributed by atoms with van der Waals surface area (Å²) in [6, 6.07) is 7.38. The highest BCUT2D eigenvalue weighted by atomic mass is 127. The summed E-state index contributed by atoms with van der Waals surface area (Å²) in [6.45, 7) is 0.564. The second kappa shape index (κ2) is 5.31. The van der Waals surface area contributed by atoms with Crippen molar-refractivity contribution in [2.75, 3.05) is 7.11 Å². The minimum absolute atomic E-state index is 0.317.